The summed E-state index contributed by atoms with van der Waals surface area (Å²) in [5.41, 5.74) is 7.30. The zero-order chi connectivity index (χ0) is 35.3. The molecule has 2 aliphatic heterocycles. The van der Waals surface area contributed by atoms with Crippen molar-refractivity contribution in [3.05, 3.63) is 99.8 Å². The summed E-state index contributed by atoms with van der Waals surface area (Å²) in [6.07, 6.45) is -0.552. The first-order valence-corrected chi connectivity index (χ1v) is 16.0. The first-order chi connectivity index (χ1) is 23.4. The molecule has 0 aromatic heterocycles. The third-order valence-electron chi connectivity index (χ3n) is 9.04. The van der Waals surface area contributed by atoms with Crippen molar-refractivity contribution >= 4 is 35.2 Å². The second-order valence-electron chi connectivity index (χ2n) is 12.3. The van der Waals surface area contributed by atoms with Crippen LogP contribution in [0.2, 0.25) is 5.02 Å². The molecular weight excluding hydrogens is 665 g/mol. The predicted molar refractivity (Wildman–Crippen MR) is 173 cm³/mol. The average Bonchev–Trinajstić information content (AvgIpc) is 3.04. The Morgan fingerprint density at radius 1 is 1.06 bits per heavy atom. The Hall–Kier alpha value is -4.78. The van der Waals surface area contributed by atoms with Crippen LogP contribution in [0.25, 0.3) is 0 Å². The number of anilines is 1. The Labute approximate surface area is 285 Å². The second kappa shape index (κ2) is 15.2. The van der Waals surface area contributed by atoms with Crippen molar-refractivity contribution in [3.63, 3.8) is 0 Å². The summed E-state index contributed by atoms with van der Waals surface area (Å²) in [6.45, 7) is 2.54. The van der Waals surface area contributed by atoms with E-state index in [2.05, 4.69) is 15.3 Å². The molecule has 2 fully saturated rings. The maximum atomic E-state index is 15.4. The minimum absolute atomic E-state index is 0.0485. The Morgan fingerprint density at radius 3 is 2.35 bits per heavy atom. The molecule has 1 spiro atoms. The van der Waals surface area contributed by atoms with E-state index in [1.54, 1.807) is 17.0 Å². The van der Waals surface area contributed by atoms with Crippen LogP contribution in [0.3, 0.4) is 0 Å². The molecule has 15 heteroatoms. The number of ether oxygens (including phenoxy) is 1. The number of hydrogen-bond acceptors (Lipinski definition) is 6. The fourth-order valence-corrected chi connectivity index (χ4v) is 6.77. The second-order valence-corrected chi connectivity index (χ2v) is 12.7. The molecule has 3 atom stereocenters. The van der Waals surface area contributed by atoms with Gasteiger partial charge >= 0.3 is 6.09 Å². The third-order valence-corrected chi connectivity index (χ3v) is 9.29. The summed E-state index contributed by atoms with van der Waals surface area (Å²) >= 11 is 6.06. The summed E-state index contributed by atoms with van der Waals surface area (Å²) in [4.78, 5) is 43.9. The summed E-state index contributed by atoms with van der Waals surface area (Å²) in [5.74, 6) is -4.41. The Bertz CT molecular complexity index is 1750. The first kappa shape index (κ1) is 35.5. The van der Waals surface area contributed by atoms with Gasteiger partial charge in [0, 0.05) is 48.3 Å². The number of halogens is 4. The van der Waals surface area contributed by atoms with Crippen molar-refractivity contribution in [2.75, 3.05) is 31.5 Å². The number of piperidine rings is 1. The highest BCUT2D eigenvalue weighted by Gasteiger charge is 2.45. The maximum Gasteiger partial charge on any atom is 0.407 e. The number of rotatable bonds is 9. The van der Waals surface area contributed by atoms with Crippen LogP contribution in [-0.4, -0.2) is 76.7 Å². The van der Waals surface area contributed by atoms with E-state index in [0.29, 0.717) is 42.6 Å². The van der Waals surface area contributed by atoms with Crippen LogP contribution in [0.1, 0.15) is 48.8 Å². The largest absolute Gasteiger partial charge is 0.465 e. The molecule has 3 aromatic carbocycles. The van der Waals surface area contributed by atoms with Crippen molar-refractivity contribution in [1.82, 2.24) is 14.7 Å². The highest BCUT2D eigenvalue weighted by Crippen LogP contribution is 2.36. The van der Waals surface area contributed by atoms with Gasteiger partial charge < -0.3 is 25.0 Å². The molecule has 3 N–H and O–H groups in total. The van der Waals surface area contributed by atoms with Crippen molar-refractivity contribution in [3.8, 4) is 0 Å². The molecule has 2 aliphatic rings. The number of morpholine rings is 1. The van der Waals surface area contributed by atoms with Crippen LogP contribution in [0.4, 0.5) is 23.7 Å². The Morgan fingerprint density at radius 2 is 1.73 bits per heavy atom. The highest BCUT2D eigenvalue weighted by molar-refractivity contribution is 6.30. The quantitative estimate of drug-likeness (QED) is 0.181. The van der Waals surface area contributed by atoms with Gasteiger partial charge in [-0.15, -0.1) is 0 Å². The zero-order valence-corrected chi connectivity index (χ0v) is 27.3. The lowest BCUT2D eigenvalue weighted by molar-refractivity contribution is -0.173. The lowest BCUT2D eigenvalue weighted by Gasteiger charge is -2.49. The van der Waals surface area contributed by atoms with Crippen LogP contribution in [0.5, 0.6) is 0 Å². The van der Waals surface area contributed by atoms with E-state index in [1.165, 1.54) is 42.2 Å². The molecule has 3 aromatic rings. The van der Waals surface area contributed by atoms with Crippen molar-refractivity contribution < 1.29 is 37.4 Å². The van der Waals surface area contributed by atoms with Crippen LogP contribution < -0.4 is 10.2 Å². The number of nitrogens with zero attached hydrogens (tertiary/aromatic N) is 4. The van der Waals surface area contributed by atoms with Crippen molar-refractivity contribution in [2.45, 2.75) is 56.3 Å². The highest BCUT2D eigenvalue weighted by atomic mass is 35.5. The number of carbonyl (C=O) groups excluding carboxylic acids is 2. The van der Waals surface area contributed by atoms with Gasteiger partial charge in [-0.2, -0.15) is 0 Å². The van der Waals surface area contributed by atoms with Gasteiger partial charge in [0.25, 0.3) is 5.91 Å². The number of carboxylic acid groups (broad SMARTS) is 1. The number of nitrogens with one attached hydrogen (secondary N) is 2. The van der Waals surface area contributed by atoms with E-state index in [0.717, 1.165) is 12.1 Å². The lowest BCUT2D eigenvalue weighted by Crippen LogP contribution is -2.61. The molecule has 1 unspecified atom stereocenters. The van der Waals surface area contributed by atoms with Gasteiger partial charge in [-0.25, -0.2) is 18.0 Å². The fourth-order valence-electron chi connectivity index (χ4n) is 6.64. The molecule has 2 heterocycles. The first-order valence-electron chi connectivity index (χ1n) is 15.7. The normalized spacial score (nSPS) is 18.3. The standard InChI is InChI=1S/C34H34ClF3N6O5/c1-20(45)43-13-11-34(12-14-43)19-44(33(47)48)18-26(49-34)9-10-27-28(38)3-2-4-29(27)40-32(46)31(41-42-39)30(21-5-7-23(35)8-6-21)22-15-24(36)17-25(37)16-22/h2-8,15-17,26,30-31,39H,9-14,18-19H2,1H3,(H-,40,46,47,48)/p+1/t26?,30-,31-/m0/s1. The number of likely N-dealkylation sites (tertiary alicyclic amines) is 1. The minimum atomic E-state index is -1.51. The SMILES string of the molecule is CC(=O)N1CCC2(CC1)CN(C(=O)O)CC(CCc1c(F)cccc1NC(=O)[C@@H](N=[N+]=N)[C@@H](c1ccc(Cl)cc1)c1cc(F)cc(F)c1)O2. The van der Waals surface area contributed by atoms with Gasteiger partial charge in [-0.3, -0.25) is 9.59 Å². The van der Waals surface area contributed by atoms with Crippen LogP contribution >= 0.6 is 11.6 Å². The molecule has 3 amide bonds. The number of hydrogen-bond donors (Lipinski definition) is 3. The predicted octanol–water partition coefficient (Wildman–Crippen LogP) is 6.14. The summed E-state index contributed by atoms with van der Waals surface area (Å²) in [5, 5.41) is 16.7. The molecule has 49 heavy (non-hydrogen) atoms. The number of carbonyl (C=O) groups is 3. The van der Waals surface area contributed by atoms with E-state index >= 15 is 4.39 Å². The van der Waals surface area contributed by atoms with E-state index in [-0.39, 0.29) is 48.7 Å². The molecule has 11 nitrogen and oxygen atoms in total. The molecule has 0 aliphatic carbocycles. The van der Waals surface area contributed by atoms with E-state index in [4.69, 9.17) is 21.9 Å². The molecule has 5 rings (SSSR count). The third kappa shape index (κ3) is 8.45. The number of amides is 3. The summed E-state index contributed by atoms with van der Waals surface area (Å²) < 4.78 is 50.6. The maximum absolute atomic E-state index is 15.4. The van der Waals surface area contributed by atoms with Crippen LogP contribution in [0.15, 0.2) is 65.8 Å². The van der Waals surface area contributed by atoms with Gasteiger partial charge in [0.1, 0.15) is 28.1 Å². The van der Waals surface area contributed by atoms with Crippen molar-refractivity contribution in [1.29, 1.82) is 5.53 Å². The molecule has 258 valence electrons. The summed E-state index contributed by atoms with van der Waals surface area (Å²) in [6, 6.07) is 11.6. The van der Waals surface area contributed by atoms with E-state index < -0.39 is 53.1 Å². The molecule has 2 saturated heterocycles. The molecule has 0 bridgehead atoms. The van der Waals surface area contributed by atoms with E-state index in [1.807, 2.05) is 0 Å². The summed E-state index contributed by atoms with van der Waals surface area (Å²) in [7, 11) is 0. The van der Waals surface area contributed by atoms with Gasteiger partial charge in [0.05, 0.1) is 24.8 Å². The zero-order valence-electron chi connectivity index (χ0n) is 26.5. The topological polar surface area (TPSA) is 149 Å². The molecule has 0 radical (unpaired) electrons. The fraction of sp³-hybridized carbons (Fsp3) is 0.382. The van der Waals surface area contributed by atoms with Crippen LogP contribution in [-0.2, 0) is 20.7 Å². The van der Waals surface area contributed by atoms with Gasteiger partial charge in [-0.1, -0.05) is 29.8 Å². The Balaban J connectivity index is 1.39. The minimum Gasteiger partial charge on any atom is -0.465 e. The van der Waals surface area contributed by atoms with Gasteiger partial charge in [0.15, 0.2) is 0 Å². The van der Waals surface area contributed by atoms with Gasteiger partial charge in [0.2, 0.25) is 16.9 Å². The van der Waals surface area contributed by atoms with E-state index in [9.17, 15) is 28.3 Å². The smallest absolute Gasteiger partial charge is 0.407 e. The van der Waals surface area contributed by atoms with Crippen molar-refractivity contribution in [2.24, 2.45) is 5.11 Å². The van der Waals surface area contributed by atoms with Crippen LogP contribution in [0, 0.1) is 23.0 Å². The molecular formula is C34H35ClF3N6O5+. The molecule has 0 saturated carbocycles. The Kier molecular flexibility index (Phi) is 11.0. The monoisotopic (exact) mass is 699 g/mol. The van der Waals surface area contributed by atoms with Gasteiger partial charge in [-0.05, 0) is 73.2 Å². The average molecular weight is 700 g/mol. The lowest BCUT2D eigenvalue weighted by atomic mass is 9.84. The number of benzene rings is 3.